The number of pyridine rings is 1. The minimum atomic E-state index is 0.786. The molecular formula is C10H17N3S. The Kier molecular flexibility index (Phi) is 4.22. The van der Waals surface area contributed by atoms with Crippen LogP contribution >= 0.6 is 11.8 Å². The van der Waals surface area contributed by atoms with E-state index in [0.717, 1.165) is 28.6 Å². The van der Waals surface area contributed by atoms with Crippen molar-refractivity contribution in [2.24, 2.45) is 0 Å². The van der Waals surface area contributed by atoms with Gasteiger partial charge in [0.05, 0.1) is 5.69 Å². The molecule has 1 rings (SSSR count). The van der Waals surface area contributed by atoms with Crippen molar-refractivity contribution in [1.29, 1.82) is 0 Å². The minimum Gasteiger partial charge on any atom is -0.397 e. The second kappa shape index (κ2) is 5.22. The highest BCUT2D eigenvalue weighted by atomic mass is 32.2. The Hall–Kier alpha value is -0.740. The highest BCUT2D eigenvalue weighted by molar-refractivity contribution is 7.99. The molecule has 0 bridgehead atoms. The highest BCUT2D eigenvalue weighted by Crippen LogP contribution is 2.22. The Morgan fingerprint density at radius 3 is 2.79 bits per heavy atom. The van der Waals surface area contributed by atoms with Gasteiger partial charge in [0.1, 0.15) is 5.03 Å². The molecule has 0 aliphatic rings. The number of anilines is 1. The molecule has 0 saturated carbocycles. The SMILES string of the molecule is Cc1cnc(SCCN(C)C)c(N)c1. The van der Waals surface area contributed by atoms with Gasteiger partial charge in [-0.1, -0.05) is 0 Å². The minimum absolute atomic E-state index is 0.786. The van der Waals surface area contributed by atoms with Crippen LogP contribution in [0.2, 0.25) is 0 Å². The molecule has 4 heteroatoms. The molecule has 0 radical (unpaired) electrons. The number of nitrogen functional groups attached to an aromatic ring is 1. The lowest BCUT2D eigenvalue weighted by Crippen LogP contribution is -2.14. The lowest BCUT2D eigenvalue weighted by atomic mass is 10.3. The standard InChI is InChI=1S/C10H17N3S/c1-8-6-9(11)10(12-7-8)14-5-4-13(2)3/h6-7H,4-5,11H2,1-3H3. The molecule has 0 aliphatic carbocycles. The van der Waals surface area contributed by atoms with Gasteiger partial charge in [-0.25, -0.2) is 4.98 Å². The van der Waals surface area contributed by atoms with Crippen molar-refractivity contribution in [1.82, 2.24) is 9.88 Å². The lowest BCUT2D eigenvalue weighted by molar-refractivity contribution is 0.437. The third-order valence-electron chi connectivity index (χ3n) is 1.79. The molecule has 0 saturated heterocycles. The molecule has 0 aliphatic heterocycles. The van der Waals surface area contributed by atoms with Crippen LogP contribution in [-0.4, -0.2) is 36.3 Å². The monoisotopic (exact) mass is 211 g/mol. The van der Waals surface area contributed by atoms with Gasteiger partial charge in [-0.2, -0.15) is 0 Å². The molecule has 0 unspecified atom stereocenters. The fourth-order valence-corrected chi connectivity index (χ4v) is 2.03. The zero-order chi connectivity index (χ0) is 10.6. The number of rotatable bonds is 4. The largest absolute Gasteiger partial charge is 0.397 e. The van der Waals surface area contributed by atoms with Crippen LogP contribution in [0.15, 0.2) is 17.3 Å². The smallest absolute Gasteiger partial charge is 0.119 e. The fraction of sp³-hybridized carbons (Fsp3) is 0.500. The Morgan fingerprint density at radius 2 is 2.21 bits per heavy atom. The summed E-state index contributed by atoms with van der Waals surface area (Å²) in [6.45, 7) is 3.04. The van der Waals surface area contributed by atoms with Crippen LogP contribution in [0.5, 0.6) is 0 Å². The summed E-state index contributed by atoms with van der Waals surface area (Å²) in [6.07, 6.45) is 1.86. The third kappa shape index (κ3) is 3.55. The molecular weight excluding hydrogens is 194 g/mol. The second-order valence-corrected chi connectivity index (χ2v) is 4.64. The number of hydrogen-bond donors (Lipinski definition) is 1. The number of nitrogens with zero attached hydrogens (tertiary/aromatic N) is 2. The molecule has 0 amide bonds. The normalized spacial score (nSPS) is 10.9. The summed E-state index contributed by atoms with van der Waals surface area (Å²) >= 11 is 1.71. The molecule has 0 aromatic carbocycles. The summed E-state index contributed by atoms with van der Waals surface area (Å²) in [5.41, 5.74) is 7.74. The van der Waals surface area contributed by atoms with E-state index in [9.17, 15) is 0 Å². The summed E-state index contributed by atoms with van der Waals surface area (Å²) in [5, 5.41) is 0.942. The summed E-state index contributed by atoms with van der Waals surface area (Å²) in [5.74, 6) is 1.02. The van der Waals surface area contributed by atoms with Crippen molar-refractivity contribution >= 4 is 17.4 Å². The first-order chi connectivity index (χ1) is 6.59. The first-order valence-electron chi connectivity index (χ1n) is 4.59. The van der Waals surface area contributed by atoms with Crippen molar-refractivity contribution < 1.29 is 0 Å². The van der Waals surface area contributed by atoms with Crippen LogP contribution in [0.25, 0.3) is 0 Å². The van der Waals surface area contributed by atoms with Gasteiger partial charge in [-0.3, -0.25) is 0 Å². The predicted molar refractivity (Wildman–Crippen MR) is 62.7 cm³/mol. The van der Waals surface area contributed by atoms with E-state index in [2.05, 4.69) is 24.0 Å². The Balaban J connectivity index is 2.51. The molecule has 1 heterocycles. The summed E-state index contributed by atoms with van der Waals surface area (Å²) in [4.78, 5) is 6.44. The number of nitrogens with two attached hydrogens (primary N) is 1. The van der Waals surface area contributed by atoms with E-state index in [4.69, 9.17) is 5.73 Å². The summed E-state index contributed by atoms with van der Waals surface area (Å²) in [6, 6.07) is 1.96. The Bertz CT molecular complexity index is 299. The quantitative estimate of drug-likeness (QED) is 0.769. The summed E-state index contributed by atoms with van der Waals surface area (Å²) in [7, 11) is 4.12. The van der Waals surface area contributed by atoms with Crippen LogP contribution in [0.3, 0.4) is 0 Å². The second-order valence-electron chi connectivity index (χ2n) is 3.56. The molecule has 0 spiro atoms. The fourth-order valence-electron chi connectivity index (χ4n) is 1.02. The van der Waals surface area contributed by atoms with Gasteiger partial charge >= 0.3 is 0 Å². The van der Waals surface area contributed by atoms with E-state index in [1.54, 1.807) is 11.8 Å². The Labute approximate surface area is 89.7 Å². The summed E-state index contributed by atoms with van der Waals surface area (Å²) < 4.78 is 0. The van der Waals surface area contributed by atoms with Crippen LogP contribution in [-0.2, 0) is 0 Å². The number of hydrogen-bond acceptors (Lipinski definition) is 4. The molecule has 1 aromatic heterocycles. The first kappa shape index (κ1) is 11.3. The predicted octanol–water partition coefficient (Wildman–Crippen LogP) is 1.63. The van der Waals surface area contributed by atoms with Gasteiger partial charge in [-0.15, -0.1) is 11.8 Å². The molecule has 78 valence electrons. The molecule has 3 nitrogen and oxygen atoms in total. The maximum absolute atomic E-state index is 5.84. The van der Waals surface area contributed by atoms with Crippen LogP contribution in [0, 0.1) is 6.92 Å². The topological polar surface area (TPSA) is 42.2 Å². The van der Waals surface area contributed by atoms with Gasteiger partial charge in [0.25, 0.3) is 0 Å². The van der Waals surface area contributed by atoms with Gasteiger partial charge in [-0.05, 0) is 32.6 Å². The highest BCUT2D eigenvalue weighted by Gasteiger charge is 2.01. The lowest BCUT2D eigenvalue weighted by Gasteiger charge is -2.09. The van der Waals surface area contributed by atoms with Crippen molar-refractivity contribution in [3.05, 3.63) is 17.8 Å². The number of thioether (sulfide) groups is 1. The average molecular weight is 211 g/mol. The van der Waals surface area contributed by atoms with Crippen molar-refractivity contribution in [3.8, 4) is 0 Å². The van der Waals surface area contributed by atoms with E-state index < -0.39 is 0 Å². The van der Waals surface area contributed by atoms with Crippen LogP contribution in [0.4, 0.5) is 5.69 Å². The first-order valence-corrected chi connectivity index (χ1v) is 5.58. The molecule has 14 heavy (non-hydrogen) atoms. The average Bonchev–Trinajstić information content (AvgIpc) is 2.08. The molecule has 0 fully saturated rings. The van der Waals surface area contributed by atoms with Gasteiger partial charge in [0, 0.05) is 18.5 Å². The van der Waals surface area contributed by atoms with E-state index in [1.165, 1.54) is 0 Å². The van der Waals surface area contributed by atoms with Crippen LogP contribution < -0.4 is 5.73 Å². The third-order valence-corrected chi connectivity index (χ3v) is 2.79. The van der Waals surface area contributed by atoms with Crippen LogP contribution in [0.1, 0.15) is 5.56 Å². The number of aryl methyl sites for hydroxylation is 1. The van der Waals surface area contributed by atoms with E-state index in [1.807, 2.05) is 19.2 Å². The van der Waals surface area contributed by atoms with Crippen molar-refractivity contribution in [3.63, 3.8) is 0 Å². The number of aromatic nitrogens is 1. The van der Waals surface area contributed by atoms with E-state index in [-0.39, 0.29) is 0 Å². The molecule has 1 aromatic rings. The van der Waals surface area contributed by atoms with E-state index >= 15 is 0 Å². The zero-order valence-electron chi connectivity index (χ0n) is 8.95. The maximum atomic E-state index is 5.84. The van der Waals surface area contributed by atoms with Crippen molar-refractivity contribution in [2.45, 2.75) is 11.9 Å². The van der Waals surface area contributed by atoms with Gasteiger partial charge < -0.3 is 10.6 Å². The maximum Gasteiger partial charge on any atom is 0.119 e. The molecule has 2 N–H and O–H groups in total. The molecule has 0 atom stereocenters. The van der Waals surface area contributed by atoms with Gasteiger partial charge in [0.15, 0.2) is 0 Å². The van der Waals surface area contributed by atoms with E-state index in [0.29, 0.717) is 0 Å². The zero-order valence-corrected chi connectivity index (χ0v) is 9.77. The Morgan fingerprint density at radius 1 is 1.50 bits per heavy atom. The van der Waals surface area contributed by atoms with Gasteiger partial charge in [0.2, 0.25) is 0 Å². The van der Waals surface area contributed by atoms with Crippen molar-refractivity contribution in [2.75, 3.05) is 32.1 Å².